The van der Waals surface area contributed by atoms with E-state index in [1.165, 1.54) is 12.1 Å². The molecule has 3 N–H and O–H groups in total. The number of nitrogens with two attached hydrogens (primary N) is 1. The Balaban J connectivity index is 1.65. The van der Waals surface area contributed by atoms with Crippen LogP contribution >= 0.6 is 0 Å². The number of anilines is 2. The summed E-state index contributed by atoms with van der Waals surface area (Å²) in [5.41, 5.74) is 7.61. The molecule has 26 heavy (non-hydrogen) atoms. The molecule has 0 radical (unpaired) electrons. The number of rotatable bonds is 4. The van der Waals surface area contributed by atoms with E-state index in [1.54, 1.807) is 17.0 Å². The first-order valence-corrected chi connectivity index (χ1v) is 8.19. The van der Waals surface area contributed by atoms with E-state index >= 15 is 0 Å². The minimum atomic E-state index is -0.729. The summed E-state index contributed by atoms with van der Waals surface area (Å²) in [5.74, 6) is -0.922. The van der Waals surface area contributed by atoms with Crippen molar-refractivity contribution in [2.45, 2.75) is 19.4 Å². The number of esters is 1. The van der Waals surface area contributed by atoms with Gasteiger partial charge in [-0.3, -0.25) is 4.79 Å². The van der Waals surface area contributed by atoms with Gasteiger partial charge in [0.25, 0.3) is 5.91 Å². The van der Waals surface area contributed by atoms with Crippen molar-refractivity contribution >= 4 is 29.3 Å². The summed E-state index contributed by atoms with van der Waals surface area (Å²) < 4.78 is 5.15. The first-order chi connectivity index (χ1) is 12.5. The molecule has 3 amide bonds. The molecule has 0 aromatic heterocycles. The van der Waals surface area contributed by atoms with Crippen molar-refractivity contribution in [3.63, 3.8) is 0 Å². The van der Waals surface area contributed by atoms with Crippen LogP contribution in [0.15, 0.2) is 48.5 Å². The molecule has 0 saturated carbocycles. The molecule has 1 aliphatic heterocycles. The molecule has 7 heteroatoms. The van der Waals surface area contributed by atoms with Crippen molar-refractivity contribution in [1.82, 2.24) is 0 Å². The van der Waals surface area contributed by atoms with Gasteiger partial charge in [-0.2, -0.15) is 0 Å². The zero-order valence-electron chi connectivity index (χ0n) is 14.3. The van der Waals surface area contributed by atoms with Crippen LogP contribution < -0.4 is 16.0 Å². The molecule has 0 saturated heterocycles. The van der Waals surface area contributed by atoms with E-state index in [0.717, 1.165) is 17.7 Å². The SMILES string of the molecule is CC1Cc2ccccc2N1C(=O)COC(=O)c1cccc(NC(N)=O)c1. The lowest BCUT2D eigenvalue weighted by Crippen LogP contribution is -2.38. The maximum atomic E-state index is 12.5. The number of benzene rings is 2. The van der Waals surface area contributed by atoms with Gasteiger partial charge >= 0.3 is 12.0 Å². The van der Waals surface area contributed by atoms with Gasteiger partial charge in [0.05, 0.1) is 5.56 Å². The van der Waals surface area contributed by atoms with E-state index in [1.807, 2.05) is 31.2 Å². The Hall–Kier alpha value is -3.35. The Morgan fingerprint density at radius 1 is 1.19 bits per heavy atom. The lowest BCUT2D eigenvalue weighted by Gasteiger charge is -2.22. The van der Waals surface area contributed by atoms with Gasteiger partial charge in [-0.05, 0) is 43.2 Å². The molecule has 0 fully saturated rings. The third kappa shape index (κ3) is 3.66. The van der Waals surface area contributed by atoms with Crippen LogP contribution in [0.1, 0.15) is 22.8 Å². The zero-order valence-corrected chi connectivity index (χ0v) is 14.3. The summed E-state index contributed by atoms with van der Waals surface area (Å²) in [6.07, 6.45) is 0.774. The fraction of sp³-hybridized carbons (Fsp3) is 0.211. The largest absolute Gasteiger partial charge is 0.452 e. The van der Waals surface area contributed by atoms with Crippen LogP contribution in [0, 0.1) is 0 Å². The molecule has 2 aromatic carbocycles. The third-order valence-electron chi connectivity index (χ3n) is 4.17. The van der Waals surface area contributed by atoms with Gasteiger partial charge in [0.1, 0.15) is 0 Å². The number of nitrogens with zero attached hydrogens (tertiary/aromatic N) is 1. The molecular formula is C19H19N3O4. The van der Waals surface area contributed by atoms with Crippen LogP contribution in [-0.2, 0) is 16.0 Å². The molecule has 3 rings (SSSR count). The van der Waals surface area contributed by atoms with Crippen molar-refractivity contribution in [2.24, 2.45) is 5.73 Å². The Kier molecular flexibility index (Phi) is 4.88. The predicted octanol–water partition coefficient (Wildman–Crippen LogP) is 2.31. The second kappa shape index (κ2) is 7.26. The highest BCUT2D eigenvalue weighted by Crippen LogP contribution is 2.31. The number of ether oxygens (including phenoxy) is 1. The number of hydrogen-bond acceptors (Lipinski definition) is 4. The molecule has 134 valence electrons. The summed E-state index contributed by atoms with van der Waals surface area (Å²) >= 11 is 0. The van der Waals surface area contributed by atoms with Crippen molar-refractivity contribution < 1.29 is 19.1 Å². The van der Waals surface area contributed by atoms with Gasteiger partial charge in [0.15, 0.2) is 6.61 Å². The van der Waals surface area contributed by atoms with Gasteiger partial charge in [0, 0.05) is 17.4 Å². The zero-order chi connectivity index (χ0) is 18.7. The van der Waals surface area contributed by atoms with Crippen LogP contribution in [0.3, 0.4) is 0 Å². The van der Waals surface area contributed by atoms with E-state index in [2.05, 4.69) is 5.32 Å². The van der Waals surface area contributed by atoms with Gasteiger partial charge in [0.2, 0.25) is 0 Å². The van der Waals surface area contributed by atoms with Gasteiger partial charge in [-0.25, -0.2) is 9.59 Å². The molecule has 0 spiro atoms. The highest BCUT2D eigenvalue weighted by atomic mass is 16.5. The molecule has 2 aromatic rings. The number of primary amides is 1. The summed E-state index contributed by atoms with van der Waals surface area (Å²) in [6.45, 7) is 1.60. The molecule has 0 bridgehead atoms. The van der Waals surface area contributed by atoms with E-state index in [4.69, 9.17) is 10.5 Å². The summed E-state index contributed by atoms with van der Waals surface area (Å²) in [6, 6.07) is 13.1. The van der Waals surface area contributed by atoms with Crippen LogP contribution in [0.2, 0.25) is 0 Å². The van der Waals surface area contributed by atoms with E-state index in [-0.39, 0.29) is 24.1 Å². The number of urea groups is 1. The standard InChI is InChI=1S/C19H19N3O4/c1-12-9-13-5-2-3-8-16(13)22(12)17(23)11-26-18(24)14-6-4-7-15(10-14)21-19(20)25/h2-8,10,12H,9,11H2,1H3,(H3,20,21,25). The number of carbonyl (C=O) groups excluding carboxylic acids is 3. The minimum Gasteiger partial charge on any atom is -0.452 e. The fourth-order valence-corrected chi connectivity index (χ4v) is 3.09. The lowest BCUT2D eigenvalue weighted by molar-refractivity contribution is -0.122. The number of amides is 3. The van der Waals surface area contributed by atoms with Crippen molar-refractivity contribution in [1.29, 1.82) is 0 Å². The number of nitrogens with one attached hydrogen (secondary N) is 1. The van der Waals surface area contributed by atoms with E-state index in [0.29, 0.717) is 5.69 Å². The fourth-order valence-electron chi connectivity index (χ4n) is 3.09. The van der Waals surface area contributed by atoms with Crippen LogP contribution in [0.5, 0.6) is 0 Å². The molecule has 1 aliphatic rings. The minimum absolute atomic E-state index is 0.0155. The smallest absolute Gasteiger partial charge is 0.338 e. The first kappa shape index (κ1) is 17.5. The van der Waals surface area contributed by atoms with Crippen LogP contribution in [-0.4, -0.2) is 30.6 Å². The molecular weight excluding hydrogens is 334 g/mol. The summed E-state index contributed by atoms with van der Waals surface area (Å²) in [7, 11) is 0. The highest BCUT2D eigenvalue weighted by Gasteiger charge is 2.31. The van der Waals surface area contributed by atoms with Gasteiger partial charge in [-0.15, -0.1) is 0 Å². The highest BCUT2D eigenvalue weighted by molar-refractivity contribution is 5.99. The topological polar surface area (TPSA) is 102 Å². The monoisotopic (exact) mass is 353 g/mol. The van der Waals surface area contributed by atoms with Gasteiger partial charge in [-0.1, -0.05) is 24.3 Å². The number of para-hydroxylation sites is 1. The lowest BCUT2D eigenvalue weighted by atomic mass is 10.1. The average molecular weight is 353 g/mol. The Morgan fingerprint density at radius 3 is 2.73 bits per heavy atom. The van der Waals surface area contributed by atoms with Crippen molar-refractivity contribution in [3.8, 4) is 0 Å². The Labute approximate surface area is 150 Å². The predicted molar refractivity (Wildman–Crippen MR) is 97.0 cm³/mol. The molecule has 7 nitrogen and oxygen atoms in total. The molecule has 1 atom stereocenters. The van der Waals surface area contributed by atoms with E-state index in [9.17, 15) is 14.4 Å². The first-order valence-electron chi connectivity index (χ1n) is 8.19. The number of hydrogen-bond donors (Lipinski definition) is 2. The van der Waals surface area contributed by atoms with Crippen LogP contribution in [0.25, 0.3) is 0 Å². The molecule has 1 unspecified atom stereocenters. The molecule has 0 aliphatic carbocycles. The quantitative estimate of drug-likeness (QED) is 0.824. The average Bonchev–Trinajstić information content (AvgIpc) is 2.94. The maximum absolute atomic E-state index is 12.5. The third-order valence-corrected chi connectivity index (χ3v) is 4.17. The Bertz CT molecular complexity index is 865. The summed E-state index contributed by atoms with van der Waals surface area (Å²) in [5, 5.41) is 2.38. The Morgan fingerprint density at radius 2 is 1.96 bits per heavy atom. The normalized spacial score (nSPS) is 15.3. The second-order valence-electron chi connectivity index (χ2n) is 6.09. The van der Waals surface area contributed by atoms with Crippen molar-refractivity contribution in [3.05, 3.63) is 59.7 Å². The maximum Gasteiger partial charge on any atom is 0.338 e. The van der Waals surface area contributed by atoms with Crippen molar-refractivity contribution in [2.75, 3.05) is 16.8 Å². The number of carbonyl (C=O) groups is 3. The molecule has 1 heterocycles. The van der Waals surface area contributed by atoms with E-state index < -0.39 is 12.0 Å². The van der Waals surface area contributed by atoms with Crippen LogP contribution in [0.4, 0.5) is 16.2 Å². The summed E-state index contributed by atoms with van der Waals surface area (Å²) in [4.78, 5) is 37.3. The number of fused-ring (bicyclic) bond motifs is 1. The second-order valence-corrected chi connectivity index (χ2v) is 6.09. The van der Waals surface area contributed by atoms with Gasteiger partial charge < -0.3 is 20.7 Å².